The van der Waals surface area contributed by atoms with E-state index in [-0.39, 0.29) is 12.7 Å². The Hall–Kier alpha value is -2.17. The molecule has 0 radical (unpaired) electrons. The average Bonchev–Trinajstić information content (AvgIpc) is 2.30. The Morgan fingerprint density at radius 3 is 2.69 bits per heavy atom. The van der Waals surface area contributed by atoms with E-state index >= 15 is 0 Å². The van der Waals surface area contributed by atoms with Crippen LogP contribution in [0.5, 0.6) is 0 Å². The molecule has 0 aliphatic heterocycles. The normalized spacial score (nSPS) is 9.31. The molecule has 0 bridgehead atoms. The predicted molar refractivity (Wildman–Crippen MR) is 60.5 cm³/mol. The smallest absolute Gasteiger partial charge is 0.288 e. The largest absolute Gasteiger partial charge is 0.388 e. The number of nitrogens with one attached hydrogen (secondary N) is 2. The molecule has 0 atom stereocenters. The molecule has 5 heteroatoms. The summed E-state index contributed by atoms with van der Waals surface area (Å²) in [5.74, 6) is -0.714. The number of carbonyl (C=O) groups excluding carboxylic acids is 3. The fourth-order valence-corrected chi connectivity index (χ4v) is 1.35. The Kier molecular flexibility index (Phi) is 4.20. The average molecular weight is 220 g/mol. The SMILES string of the molecule is CNc1ccc(NC(=O)C=O)cc1CC=O. The lowest BCUT2D eigenvalue weighted by atomic mass is 10.1. The monoisotopic (exact) mass is 220 g/mol. The van der Waals surface area contributed by atoms with Gasteiger partial charge in [0.05, 0.1) is 0 Å². The number of benzene rings is 1. The summed E-state index contributed by atoms with van der Waals surface area (Å²) in [4.78, 5) is 31.5. The Labute approximate surface area is 92.8 Å². The first-order valence-corrected chi connectivity index (χ1v) is 4.71. The van der Waals surface area contributed by atoms with Gasteiger partial charge in [0.1, 0.15) is 6.29 Å². The molecule has 1 aromatic rings. The quantitative estimate of drug-likeness (QED) is 0.563. The maximum Gasteiger partial charge on any atom is 0.288 e. The first-order chi connectivity index (χ1) is 7.71. The summed E-state index contributed by atoms with van der Waals surface area (Å²) in [6.45, 7) is 0. The van der Waals surface area contributed by atoms with Crippen LogP contribution in [0.15, 0.2) is 18.2 Å². The number of aldehydes is 2. The van der Waals surface area contributed by atoms with Crippen molar-refractivity contribution in [2.45, 2.75) is 6.42 Å². The van der Waals surface area contributed by atoms with E-state index in [0.717, 1.165) is 17.5 Å². The molecule has 2 N–H and O–H groups in total. The van der Waals surface area contributed by atoms with Gasteiger partial charge in [0.15, 0.2) is 0 Å². The highest BCUT2D eigenvalue weighted by Gasteiger charge is 2.04. The molecule has 1 rings (SSSR count). The molecule has 1 amide bonds. The molecule has 0 aliphatic carbocycles. The van der Waals surface area contributed by atoms with Gasteiger partial charge in [-0.05, 0) is 23.8 Å². The second-order valence-electron chi connectivity index (χ2n) is 3.10. The van der Waals surface area contributed by atoms with E-state index in [0.29, 0.717) is 5.69 Å². The zero-order valence-corrected chi connectivity index (χ0v) is 8.82. The number of anilines is 2. The second-order valence-corrected chi connectivity index (χ2v) is 3.10. The van der Waals surface area contributed by atoms with E-state index in [1.165, 1.54) is 0 Å². The van der Waals surface area contributed by atoms with E-state index in [2.05, 4.69) is 10.6 Å². The third-order valence-electron chi connectivity index (χ3n) is 2.05. The third-order valence-corrected chi connectivity index (χ3v) is 2.05. The van der Waals surface area contributed by atoms with E-state index in [4.69, 9.17) is 0 Å². The minimum Gasteiger partial charge on any atom is -0.388 e. The van der Waals surface area contributed by atoms with Crippen molar-refractivity contribution in [2.24, 2.45) is 0 Å². The first-order valence-electron chi connectivity index (χ1n) is 4.71. The Morgan fingerprint density at radius 1 is 1.38 bits per heavy atom. The molecule has 5 nitrogen and oxygen atoms in total. The molecule has 0 unspecified atom stereocenters. The van der Waals surface area contributed by atoms with Crippen LogP contribution in [0, 0.1) is 0 Å². The molecular weight excluding hydrogens is 208 g/mol. The Morgan fingerprint density at radius 2 is 2.12 bits per heavy atom. The van der Waals surface area contributed by atoms with Crippen LogP contribution < -0.4 is 10.6 Å². The molecule has 16 heavy (non-hydrogen) atoms. The lowest BCUT2D eigenvalue weighted by Crippen LogP contribution is -2.12. The topological polar surface area (TPSA) is 75.3 Å². The molecular formula is C11H12N2O3. The van der Waals surface area contributed by atoms with Crippen LogP contribution in [0.25, 0.3) is 0 Å². The number of rotatable bonds is 5. The Balaban J connectivity index is 2.96. The van der Waals surface area contributed by atoms with Crippen LogP contribution in [0.4, 0.5) is 11.4 Å². The van der Waals surface area contributed by atoms with Gasteiger partial charge < -0.3 is 15.4 Å². The summed E-state index contributed by atoms with van der Waals surface area (Å²) in [6.07, 6.45) is 1.23. The van der Waals surface area contributed by atoms with Gasteiger partial charge in [-0.15, -0.1) is 0 Å². The van der Waals surface area contributed by atoms with Gasteiger partial charge in [-0.3, -0.25) is 9.59 Å². The van der Waals surface area contributed by atoms with Gasteiger partial charge in [0, 0.05) is 24.8 Å². The van der Waals surface area contributed by atoms with Crippen molar-refractivity contribution in [3.8, 4) is 0 Å². The van der Waals surface area contributed by atoms with Crippen LogP contribution in [0.3, 0.4) is 0 Å². The molecule has 0 saturated heterocycles. The zero-order valence-electron chi connectivity index (χ0n) is 8.82. The number of amides is 1. The van der Waals surface area contributed by atoms with E-state index in [1.54, 1.807) is 25.2 Å². The van der Waals surface area contributed by atoms with Crippen LogP contribution in [0.1, 0.15) is 5.56 Å². The lowest BCUT2D eigenvalue weighted by molar-refractivity contribution is -0.127. The van der Waals surface area contributed by atoms with Crippen molar-refractivity contribution in [3.05, 3.63) is 23.8 Å². The lowest BCUT2D eigenvalue weighted by Gasteiger charge is -2.09. The van der Waals surface area contributed by atoms with Crippen LogP contribution in [0.2, 0.25) is 0 Å². The van der Waals surface area contributed by atoms with Gasteiger partial charge in [-0.2, -0.15) is 0 Å². The van der Waals surface area contributed by atoms with Crippen LogP contribution in [-0.4, -0.2) is 25.5 Å². The summed E-state index contributed by atoms with van der Waals surface area (Å²) >= 11 is 0. The van der Waals surface area contributed by atoms with Crippen molar-refractivity contribution >= 4 is 29.9 Å². The van der Waals surface area contributed by atoms with E-state index in [1.807, 2.05) is 0 Å². The highest BCUT2D eigenvalue weighted by molar-refractivity contribution is 6.29. The summed E-state index contributed by atoms with van der Waals surface area (Å²) in [6, 6.07) is 5.04. The first kappa shape index (κ1) is 11.9. The van der Waals surface area contributed by atoms with Crippen molar-refractivity contribution in [2.75, 3.05) is 17.7 Å². The molecule has 1 aromatic carbocycles. The minimum atomic E-state index is -0.714. The van der Waals surface area contributed by atoms with Crippen molar-refractivity contribution in [1.82, 2.24) is 0 Å². The van der Waals surface area contributed by atoms with Gasteiger partial charge in [-0.1, -0.05) is 0 Å². The predicted octanol–water partition coefficient (Wildman–Crippen LogP) is 0.607. The second kappa shape index (κ2) is 5.65. The summed E-state index contributed by atoms with van der Waals surface area (Å²) in [5, 5.41) is 5.32. The highest BCUT2D eigenvalue weighted by atomic mass is 16.2. The molecule has 0 fully saturated rings. The molecule has 0 spiro atoms. The molecule has 0 heterocycles. The van der Waals surface area contributed by atoms with Gasteiger partial charge in [-0.25, -0.2) is 0 Å². The summed E-state index contributed by atoms with van der Waals surface area (Å²) in [5.41, 5.74) is 2.07. The fraction of sp³-hybridized carbons (Fsp3) is 0.182. The number of carbonyl (C=O) groups is 3. The van der Waals surface area contributed by atoms with Gasteiger partial charge in [0.2, 0.25) is 6.29 Å². The maximum absolute atomic E-state index is 10.8. The highest BCUT2D eigenvalue weighted by Crippen LogP contribution is 2.20. The maximum atomic E-state index is 10.8. The van der Waals surface area contributed by atoms with Crippen molar-refractivity contribution in [1.29, 1.82) is 0 Å². The molecule has 0 saturated carbocycles. The molecule has 84 valence electrons. The molecule has 0 aliphatic rings. The minimum absolute atomic E-state index is 0.200. The van der Waals surface area contributed by atoms with Crippen molar-refractivity contribution < 1.29 is 14.4 Å². The fourth-order valence-electron chi connectivity index (χ4n) is 1.35. The standard InChI is InChI=1S/C11H12N2O3/c1-12-10-3-2-9(13-11(16)7-15)6-8(10)4-5-14/h2-3,5-7,12H,4H2,1H3,(H,13,16). The van der Waals surface area contributed by atoms with E-state index in [9.17, 15) is 14.4 Å². The summed E-state index contributed by atoms with van der Waals surface area (Å²) < 4.78 is 0. The van der Waals surface area contributed by atoms with Crippen molar-refractivity contribution in [3.63, 3.8) is 0 Å². The van der Waals surface area contributed by atoms with Gasteiger partial charge >= 0.3 is 0 Å². The van der Waals surface area contributed by atoms with Crippen LogP contribution in [-0.2, 0) is 20.8 Å². The zero-order chi connectivity index (χ0) is 12.0. The van der Waals surface area contributed by atoms with Crippen LogP contribution >= 0.6 is 0 Å². The number of hydrogen-bond acceptors (Lipinski definition) is 4. The third kappa shape index (κ3) is 2.91. The number of hydrogen-bond donors (Lipinski definition) is 2. The molecule has 0 aromatic heterocycles. The summed E-state index contributed by atoms with van der Waals surface area (Å²) in [7, 11) is 1.74. The van der Waals surface area contributed by atoms with Gasteiger partial charge in [0.25, 0.3) is 5.91 Å². The van der Waals surface area contributed by atoms with E-state index < -0.39 is 5.91 Å². The Bertz CT molecular complexity index is 416.